The molecule has 1 saturated heterocycles. The summed E-state index contributed by atoms with van der Waals surface area (Å²) in [5, 5.41) is 3.26. The first-order valence-electron chi connectivity index (χ1n) is 10.6. The number of urea groups is 1. The van der Waals surface area contributed by atoms with Crippen molar-refractivity contribution in [3.8, 4) is 0 Å². The van der Waals surface area contributed by atoms with Gasteiger partial charge in [-0.1, -0.05) is 91.0 Å². The van der Waals surface area contributed by atoms with Gasteiger partial charge in [0.1, 0.15) is 0 Å². The first-order chi connectivity index (χ1) is 14.7. The Morgan fingerprint density at radius 2 is 1.47 bits per heavy atom. The molecule has 3 aromatic rings. The number of nitrogens with one attached hydrogen (secondary N) is 1. The second-order valence-corrected chi connectivity index (χ2v) is 7.98. The van der Waals surface area contributed by atoms with Crippen LogP contribution in [0.5, 0.6) is 0 Å². The van der Waals surface area contributed by atoms with Crippen LogP contribution in [-0.2, 0) is 6.54 Å². The van der Waals surface area contributed by atoms with Gasteiger partial charge >= 0.3 is 6.03 Å². The van der Waals surface area contributed by atoms with Gasteiger partial charge in [0.05, 0.1) is 6.04 Å². The molecule has 1 unspecified atom stereocenters. The minimum Gasteiger partial charge on any atom is -0.327 e. The third-order valence-corrected chi connectivity index (χ3v) is 5.90. The lowest BCUT2D eigenvalue weighted by molar-refractivity contribution is 0.186. The smallest absolute Gasteiger partial charge is 0.318 e. The standard InChI is InChI=1S/C26H29N3O/c1-28(24-17-18-29(20-24)19-21-11-5-2-6-12-21)26(30)27-25(22-13-7-3-8-14-22)23-15-9-4-10-16-23/h2-16,24-25H,17-20H2,1H3,(H,27,30). The molecule has 1 N–H and O–H groups in total. The Kier molecular flexibility index (Phi) is 6.45. The third kappa shape index (κ3) is 4.89. The van der Waals surface area contributed by atoms with Crippen LogP contribution in [0.1, 0.15) is 29.2 Å². The number of nitrogens with zero attached hydrogens (tertiary/aromatic N) is 2. The Morgan fingerprint density at radius 3 is 2.03 bits per heavy atom. The number of rotatable bonds is 6. The van der Waals surface area contributed by atoms with E-state index < -0.39 is 0 Å². The quantitative estimate of drug-likeness (QED) is 0.653. The van der Waals surface area contributed by atoms with Crippen LogP contribution in [0.25, 0.3) is 0 Å². The average molecular weight is 400 g/mol. The van der Waals surface area contributed by atoms with Crippen molar-refractivity contribution >= 4 is 6.03 Å². The Morgan fingerprint density at radius 1 is 0.933 bits per heavy atom. The van der Waals surface area contributed by atoms with E-state index in [1.54, 1.807) is 0 Å². The van der Waals surface area contributed by atoms with Gasteiger partial charge in [-0.2, -0.15) is 0 Å². The molecule has 30 heavy (non-hydrogen) atoms. The van der Waals surface area contributed by atoms with Crippen LogP contribution < -0.4 is 5.32 Å². The summed E-state index contributed by atoms with van der Waals surface area (Å²) in [5.41, 5.74) is 3.49. The largest absolute Gasteiger partial charge is 0.327 e. The number of benzene rings is 3. The summed E-state index contributed by atoms with van der Waals surface area (Å²) in [6.07, 6.45) is 0.998. The Labute approximate surface area is 179 Å². The summed E-state index contributed by atoms with van der Waals surface area (Å²) in [5.74, 6) is 0. The van der Waals surface area contributed by atoms with Crippen LogP contribution in [0.15, 0.2) is 91.0 Å². The fourth-order valence-corrected chi connectivity index (χ4v) is 4.15. The van der Waals surface area contributed by atoms with Crippen LogP contribution in [0, 0.1) is 0 Å². The second-order valence-electron chi connectivity index (χ2n) is 7.98. The Balaban J connectivity index is 1.41. The summed E-state index contributed by atoms with van der Waals surface area (Å²) in [4.78, 5) is 17.5. The number of carbonyl (C=O) groups is 1. The maximum atomic E-state index is 13.1. The number of likely N-dealkylation sites (tertiary alicyclic amines) is 1. The summed E-state index contributed by atoms with van der Waals surface area (Å²) < 4.78 is 0. The molecule has 4 rings (SSSR count). The van der Waals surface area contributed by atoms with Crippen LogP contribution in [0.3, 0.4) is 0 Å². The molecule has 154 valence electrons. The van der Waals surface area contributed by atoms with Gasteiger partial charge in [0, 0.05) is 32.7 Å². The SMILES string of the molecule is CN(C(=O)NC(c1ccccc1)c1ccccc1)C1CCN(Cc2ccccc2)C1. The van der Waals surface area contributed by atoms with Crippen molar-refractivity contribution in [2.24, 2.45) is 0 Å². The van der Waals surface area contributed by atoms with E-state index in [9.17, 15) is 4.79 Å². The lowest BCUT2D eigenvalue weighted by Crippen LogP contribution is -2.46. The lowest BCUT2D eigenvalue weighted by atomic mass is 9.99. The summed E-state index contributed by atoms with van der Waals surface area (Å²) in [6, 6.07) is 30.9. The van der Waals surface area contributed by atoms with Crippen molar-refractivity contribution in [3.63, 3.8) is 0 Å². The number of likely N-dealkylation sites (N-methyl/N-ethyl adjacent to an activating group) is 1. The van der Waals surface area contributed by atoms with E-state index in [4.69, 9.17) is 0 Å². The van der Waals surface area contributed by atoms with Crippen molar-refractivity contribution < 1.29 is 4.79 Å². The Bertz CT molecular complexity index is 891. The highest BCUT2D eigenvalue weighted by Crippen LogP contribution is 2.23. The van der Waals surface area contributed by atoms with Crippen molar-refractivity contribution in [2.75, 3.05) is 20.1 Å². The molecule has 2 amide bonds. The van der Waals surface area contributed by atoms with E-state index in [0.717, 1.165) is 37.2 Å². The van der Waals surface area contributed by atoms with Gasteiger partial charge in [0.15, 0.2) is 0 Å². The highest BCUT2D eigenvalue weighted by atomic mass is 16.2. The van der Waals surface area contributed by atoms with Gasteiger partial charge in [-0.25, -0.2) is 4.79 Å². The van der Waals surface area contributed by atoms with Crippen molar-refractivity contribution in [3.05, 3.63) is 108 Å². The highest BCUT2D eigenvalue weighted by molar-refractivity contribution is 5.75. The van der Waals surface area contributed by atoms with Gasteiger partial charge in [-0.15, -0.1) is 0 Å². The van der Waals surface area contributed by atoms with E-state index >= 15 is 0 Å². The monoisotopic (exact) mass is 399 g/mol. The molecule has 0 spiro atoms. The van der Waals surface area contributed by atoms with Crippen LogP contribution in [-0.4, -0.2) is 42.0 Å². The normalized spacial score (nSPS) is 16.5. The molecule has 1 atom stereocenters. The molecule has 0 bridgehead atoms. The Hall–Kier alpha value is -3.11. The van der Waals surface area contributed by atoms with Crippen LogP contribution in [0.4, 0.5) is 4.79 Å². The average Bonchev–Trinajstić information content (AvgIpc) is 3.27. The highest BCUT2D eigenvalue weighted by Gasteiger charge is 2.29. The molecule has 0 aliphatic carbocycles. The molecule has 4 heteroatoms. The molecule has 4 nitrogen and oxygen atoms in total. The number of hydrogen-bond acceptors (Lipinski definition) is 2. The summed E-state index contributed by atoms with van der Waals surface area (Å²) >= 11 is 0. The van der Waals surface area contributed by atoms with Gasteiger partial charge in [-0.3, -0.25) is 4.90 Å². The van der Waals surface area contributed by atoms with Crippen LogP contribution >= 0.6 is 0 Å². The molecule has 1 fully saturated rings. The number of hydrogen-bond donors (Lipinski definition) is 1. The maximum absolute atomic E-state index is 13.1. The number of carbonyl (C=O) groups excluding carboxylic acids is 1. The van der Waals surface area contributed by atoms with E-state index in [1.165, 1.54) is 5.56 Å². The van der Waals surface area contributed by atoms with Gasteiger partial charge in [0.25, 0.3) is 0 Å². The predicted octanol–water partition coefficient (Wildman–Crippen LogP) is 4.69. The lowest BCUT2D eigenvalue weighted by Gasteiger charge is -2.28. The van der Waals surface area contributed by atoms with E-state index in [2.05, 4.69) is 58.7 Å². The molecule has 1 aliphatic heterocycles. The fourth-order valence-electron chi connectivity index (χ4n) is 4.15. The van der Waals surface area contributed by atoms with E-state index in [0.29, 0.717) is 0 Å². The zero-order valence-corrected chi connectivity index (χ0v) is 17.4. The van der Waals surface area contributed by atoms with Crippen molar-refractivity contribution in [1.29, 1.82) is 0 Å². The van der Waals surface area contributed by atoms with Crippen LogP contribution in [0.2, 0.25) is 0 Å². The molecule has 1 aliphatic rings. The van der Waals surface area contributed by atoms with E-state index in [-0.39, 0.29) is 18.1 Å². The molecule has 0 saturated carbocycles. The topological polar surface area (TPSA) is 35.6 Å². The zero-order valence-electron chi connectivity index (χ0n) is 17.4. The van der Waals surface area contributed by atoms with Crippen molar-refractivity contribution in [2.45, 2.75) is 25.0 Å². The second kappa shape index (κ2) is 9.59. The van der Waals surface area contributed by atoms with E-state index in [1.807, 2.05) is 54.4 Å². The summed E-state index contributed by atoms with van der Waals surface area (Å²) in [6.45, 7) is 2.85. The maximum Gasteiger partial charge on any atom is 0.318 e. The molecular weight excluding hydrogens is 370 g/mol. The zero-order chi connectivity index (χ0) is 20.8. The minimum atomic E-state index is -0.163. The summed E-state index contributed by atoms with van der Waals surface area (Å²) in [7, 11) is 1.92. The molecule has 3 aromatic carbocycles. The minimum absolute atomic E-state index is 0.0285. The van der Waals surface area contributed by atoms with Gasteiger partial charge in [-0.05, 0) is 23.1 Å². The van der Waals surface area contributed by atoms with Gasteiger partial charge in [0.2, 0.25) is 0 Å². The predicted molar refractivity (Wildman–Crippen MR) is 121 cm³/mol. The molecule has 0 aromatic heterocycles. The molecule has 0 radical (unpaired) electrons. The molecular formula is C26H29N3O. The third-order valence-electron chi connectivity index (χ3n) is 5.90. The number of amides is 2. The first-order valence-corrected chi connectivity index (χ1v) is 10.6. The fraction of sp³-hybridized carbons (Fsp3) is 0.269. The molecule has 1 heterocycles. The van der Waals surface area contributed by atoms with Gasteiger partial charge < -0.3 is 10.2 Å². The van der Waals surface area contributed by atoms with Crippen molar-refractivity contribution in [1.82, 2.24) is 15.1 Å². The first kappa shape index (κ1) is 20.2.